The predicted octanol–water partition coefficient (Wildman–Crippen LogP) is 10.2. The molecule has 0 spiro atoms. The summed E-state index contributed by atoms with van der Waals surface area (Å²) in [5, 5.41) is 6.04. The number of aromatic nitrogens is 2. The van der Waals surface area contributed by atoms with E-state index in [9.17, 15) is 0 Å². The van der Waals surface area contributed by atoms with Crippen molar-refractivity contribution >= 4 is 53.2 Å². The highest BCUT2D eigenvalue weighted by Crippen LogP contribution is 2.42. The Bertz CT molecular complexity index is 2160. The van der Waals surface area contributed by atoms with Crippen LogP contribution in [0.2, 0.25) is 0 Å². The van der Waals surface area contributed by atoms with Crippen molar-refractivity contribution in [1.82, 2.24) is 9.97 Å². The Morgan fingerprint density at radius 3 is 1.90 bits per heavy atom. The van der Waals surface area contributed by atoms with Crippen LogP contribution in [-0.4, -0.2) is 9.97 Å². The fraction of sp³-hybridized carbons (Fsp3) is 0. The van der Waals surface area contributed by atoms with Crippen LogP contribution < -0.4 is 0 Å². The molecule has 2 heterocycles. The average Bonchev–Trinajstić information content (AvgIpc) is 3.38. The van der Waals surface area contributed by atoms with Crippen molar-refractivity contribution in [3.8, 4) is 33.8 Å². The van der Waals surface area contributed by atoms with E-state index in [4.69, 9.17) is 9.97 Å². The van der Waals surface area contributed by atoms with Gasteiger partial charge >= 0.3 is 0 Å². The fourth-order valence-electron chi connectivity index (χ4n) is 5.55. The molecule has 0 aliphatic carbocycles. The van der Waals surface area contributed by atoms with E-state index in [1.165, 1.54) is 36.5 Å². The number of rotatable bonds is 3. The van der Waals surface area contributed by atoms with Gasteiger partial charge in [0.1, 0.15) is 0 Å². The second-order valence-corrected chi connectivity index (χ2v) is 10.9. The maximum atomic E-state index is 5.29. The zero-order valence-electron chi connectivity index (χ0n) is 21.0. The number of thiophene rings is 1. The Hall–Kier alpha value is -4.86. The summed E-state index contributed by atoms with van der Waals surface area (Å²) >= 11 is 1.83. The Balaban J connectivity index is 1.46. The van der Waals surface area contributed by atoms with Crippen molar-refractivity contribution in [3.63, 3.8) is 0 Å². The second-order valence-electron chi connectivity index (χ2n) is 9.84. The van der Waals surface area contributed by atoms with E-state index >= 15 is 0 Å². The lowest BCUT2D eigenvalue weighted by atomic mass is 10.0. The van der Waals surface area contributed by atoms with Gasteiger partial charge in [0.05, 0.1) is 11.2 Å². The monoisotopic (exact) mass is 514 g/mol. The summed E-state index contributed by atoms with van der Waals surface area (Å²) in [7, 11) is 0. The van der Waals surface area contributed by atoms with Gasteiger partial charge < -0.3 is 0 Å². The number of benzene rings is 6. The fourth-order valence-corrected chi connectivity index (χ4v) is 6.69. The van der Waals surface area contributed by atoms with E-state index in [1.807, 2.05) is 23.5 Å². The van der Waals surface area contributed by atoms with Crippen molar-refractivity contribution in [2.24, 2.45) is 0 Å². The minimum atomic E-state index is 0.742. The van der Waals surface area contributed by atoms with E-state index in [0.717, 1.165) is 39.1 Å². The lowest BCUT2D eigenvalue weighted by Gasteiger charge is -2.11. The zero-order valence-corrected chi connectivity index (χ0v) is 21.8. The van der Waals surface area contributed by atoms with E-state index in [-0.39, 0.29) is 0 Å². The van der Waals surface area contributed by atoms with Gasteiger partial charge in [0.15, 0.2) is 5.82 Å². The summed E-state index contributed by atoms with van der Waals surface area (Å²) in [5.41, 5.74) is 6.41. The van der Waals surface area contributed by atoms with Crippen LogP contribution in [0.4, 0.5) is 0 Å². The molecular weight excluding hydrogens is 492 g/mol. The number of nitrogens with zero attached hydrogens (tertiary/aromatic N) is 2. The summed E-state index contributed by atoms with van der Waals surface area (Å²) in [4.78, 5) is 10.5. The molecule has 2 nitrogen and oxygen atoms in total. The summed E-state index contributed by atoms with van der Waals surface area (Å²) in [6, 6.07) is 47.1. The van der Waals surface area contributed by atoms with Crippen LogP contribution in [0.3, 0.4) is 0 Å². The quantitative estimate of drug-likeness (QED) is 0.234. The maximum Gasteiger partial charge on any atom is 0.160 e. The minimum absolute atomic E-state index is 0.742. The zero-order chi connectivity index (χ0) is 25.8. The molecule has 0 aliphatic heterocycles. The third-order valence-corrected chi connectivity index (χ3v) is 8.56. The molecule has 0 atom stereocenters. The molecule has 0 bridgehead atoms. The van der Waals surface area contributed by atoms with Gasteiger partial charge in [0.2, 0.25) is 0 Å². The topological polar surface area (TPSA) is 25.8 Å². The molecule has 3 heteroatoms. The van der Waals surface area contributed by atoms with Crippen LogP contribution >= 0.6 is 11.3 Å². The third kappa shape index (κ3) is 3.70. The van der Waals surface area contributed by atoms with Gasteiger partial charge in [-0.1, -0.05) is 103 Å². The van der Waals surface area contributed by atoms with Crippen LogP contribution in [0.15, 0.2) is 133 Å². The summed E-state index contributed by atoms with van der Waals surface area (Å²) in [6.45, 7) is 0. The van der Waals surface area contributed by atoms with Gasteiger partial charge in [-0.05, 0) is 52.2 Å². The molecular formula is C36H22N2S. The highest BCUT2D eigenvalue weighted by atomic mass is 32.1. The van der Waals surface area contributed by atoms with Crippen molar-refractivity contribution in [1.29, 1.82) is 0 Å². The van der Waals surface area contributed by atoms with E-state index in [1.54, 1.807) is 0 Å². The molecule has 39 heavy (non-hydrogen) atoms. The Kier molecular flexibility index (Phi) is 5.04. The molecule has 8 aromatic rings. The highest BCUT2D eigenvalue weighted by molar-refractivity contribution is 7.26. The van der Waals surface area contributed by atoms with E-state index < -0.39 is 0 Å². The number of fused-ring (bicyclic) bond motifs is 6. The second kappa shape index (κ2) is 8.87. The SMILES string of the molecule is c1ccc(-c2cccc(-c3nc(-c4ccccc4)c4ccc5sc6cc7ccccc7cc6c5c4n3)c2)cc1. The Morgan fingerprint density at radius 2 is 1.10 bits per heavy atom. The molecule has 182 valence electrons. The third-order valence-electron chi connectivity index (χ3n) is 7.44. The first-order valence-corrected chi connectivity index (χ1v) is 13.9. The highest BCUT2D eigenvalue weighted by Gasteiger charge is 2.17. The summed E-state index contributed by atoms with van der Waals surface area (Å²) in [5.74, 6) is 0.742. The Labute approximate surface area is 229 Å². The lowest BCUT2D eigenvalue weighted by molar-refractivity contribution is 1.23. The molecule has 0 radical (unpaired) electrons. The average molecular weight is 515 g/mol. The molecule has 0 N–H and O–H groups in total. The van der Waals surface area contributed by atoms with Gasteiger partial charge in [-0.3, -0.25) is 0 Å². The first-order chi connectivity index (χ1) is 19.3. The van der Waals surface area contributed by atoms with Crippen LogP contribution in [0.5, 0.6) is 0 Å². The van der Waals surface area contributed by atoms with Gasteiger partial charge in [-0.2, -0.15) is 0 Å². The minimum Gasteiger partial charge on any atom is -0.227 e. The summed E-state index contributed by atoms with van der Waals surface area (Å²) < 4.78 is 2.53. The molecule has 8 rings (SSSR count). The predicted molar refractivity (Wildman–Crippen MR) is 166 cm³/mol. The van der Waals surface area contributed by atoms with E-state index in [2.05, 4.69) is 121 Å². The molecule has 6 aromatic carbocycles. The normalized spacial score (nSPS) is 11.6. The van der Waals surface area contributed by atoms with Crippen LogP contribution in [0.25, 0.3) is 75.6 Å². The summed E-state index contributed by atoms with van der Waals surface area (Å²) in [6.07, 6.45) is 0. The van der Waals surface area contributed by atoms with Crippen LogP contribution in [-0.2, 0) is 0 Å². The van der Waals surface area contributed by atoms with Gasteiger partial charge in [-0.15, -0.1) is 11.3 Å². The van der Waals surface area contributed by atoms with Crippen molar-refractivity contribution in [3.05, 3.63) is 133 Å². The molecule has 2 aromatic heterocycles. The van der Waals surface area contributed by atoms with Crippen molar-refractivity contribution < 1.29 is 0 Å². The molecule has 0 amide bonds. The molecule has 0 fully saturated rings. The number of hydrogen-bond donors (Lipinski definition) is 0. The Morgan fingerprint density at radius 1 is 0.436 bits per heavy atom. The van der Waals surface area contributed by atoms with Crippen molar-refractivity contribution in [2.75, 3.05) is 0 Å². The van der Waals surface area contributed by atoms with Crippen LogP contribution in [0.1, 0.15) is 0 Å². The lowest BCUT2D eigenvalue weighted by Crippen LogP contribution is -1.96. The molecule has 0 saturated heterocycles. The first kappa shape index (κ1) is 22.2. The first-order valence-electron chi connectivity index (χ1n) is 13.1. The largest absolute Gasteiger partial charge is 0.227 e. The van der Waals surface area contributed by atoms with Gasteiger partial charge in [0.25, 0.3) is 0 Å². The maximum absolute atomic E-state index is 5.29. The molecule has 0 aliphatic rings. The standard InChI is InChI=1S/C36H22N2S/c1-3-10-23(11-4-1)25-16-9-17-28(20-25)36-37-34(24-12-5-2-6-13-24)29-18-19-31-33(35(29)38-36)30-21-26-14-7-8-15-27(26)22-32(30)39-31/h1-22H. The molecule has 0 saturated carbocycles. The van der Waals surface area contributed by atoms with Gasteiger partial charge in [0, 0.05) is 36.7 Å². The van der Waals surface area contributed by atoms with Crippen LogP contribution in [0, 0.1) is 0 Å². The molecule has 0 unspecified atom stereocenters. The smallest absolute Gasteiger partial charge is 0.160 e. The van der Waals surface area contributed by atoms with Gasteiger partial charge in [-0.25, -0.2) is 9.97 Å². The number of hydrogen-bond acceptors (Lipinski definition) is 3. The van der Waals surface area contributed by atoms with E-state index in [0.29, 0.717) is 0 Å². The van der Waals surface area contributed by atoms with Crippen molar-refractivity contribution in [2.45, 2.75) is 0 Å².